The minimum Gasteiger partial charge on any atom is -0.481 e. The first-order valence-electron chi connectivity index (χ1n) is 7.75. The topological polar surface area (TPSA) is 77.4 Å². The Bertz CT molecular complexity index is 762. The van der Waals surface area contributed by atoms with Crippen molar-refractivity contribution >= 4 is 23.3 Å². The van der Waals surface area contributed by atoms with Crippen LogP contribution >= 0.6 is 11.3 Å². The summed E-state index contributed by atoms with van der Waals surface area (Å²) < 4.78 is 10.1. The highest BCUT2D eigenvalue weighted by Crippen LogP contribution is 2.37. The van der Waals surface area contributed by atoms with Gasteiger partial charge in [0, 0.05) is 23.2 Å². The van der Waals surface area contributed by atoms with E-state index in [4.69, 9.17) is 9.47 Å². The molecule has 128 valence electrons. The van der Waals surface area contributed by atoms with Gasteiger partial charge in [0.25, 0.3) is 0 Å². The minimum atomic E-state index is -0.395. The van der Waals surface area contributed by atoms with Crippen LogP contribution in [-0.4, -0.2) is 41.7 Å². The molecular formula is C16H20N4O3S. The van der Waals surface area contributed by atoms with Gasteiger partial charge in [-0.15, -0.1) is 11.3 Å². The minimum absolute atomic E-state index is 0.0682. The van der Waals surface area contributed by atoms with E-state index < -0.39 is 5.97 Å². The monoisotopic (exact) mass is 348 g/mol. The summed E-state index contributed by atoms with van der Waals surface area (Å²) in [4.78, 5) is 28.3. The summed E-state index contributed by atoms with van der Waals surface area (Å²) >= 11 is 1.53. The Kier molecular flexibility index (Phi) is 4.66. The van der Waals surface area contributed by atoms with Crippen LogP contribution in [0.15, 0.2) is 6.07 Å². The number of carbonyl (C=O) groups is 1. The molecular weight excluding hydrogens is 328 g/mol. The molecule has 0 N–H and O–H groups in total. The second-order valence-corrected chi connectivity index (χ2v) is 6.89. The highest BCUT2D eigenvalue weighted by Gasteiger charge is 2.32. The van der Waals surface area contributed by atoms with Crippen molar-refractivity contribution in [3.8, 4) is 5.88 Å². The Labute approximate surface area is 144 Å². The van der Waals surface area contributed by atoms with Gasteiger partial charge >= 0.3 is 5.97 Å². The van der Waals surface area contributed by atoms with Crippen molar-refractivity contribution in [1.29, 1.82) is 0 Å². The predicted octanol–water partition coefficient (Wildman–Crippen LogP) is 2.69. The van der Waals surface area contributed by atoms with Crippen LogP contribution in [0.2, 0.25) is 0 Å². The smallest absolute Gasteiger partial charge is 0.357 e. The fourth-order valence-electron chi connectivity index (χ4n) is 2.87. The van der Waals surface area contributed by atoms with E-state index >= 15 is 0 Å². The van der Waals surface area contributed by atoms with E-state index in [-0.39, 0.29) is 6.04 Å². The molecule has 0 radical (unpaired) electrons. The van der Waals surface area contributed by atoms with Gasteiger partial charge in [-0.05, 0) is 26.7 Å². The lowest BCUT2D eigenvalue weighted by atomic mass is 10.2. The van der Waals surface area contributed by atoms with Crippen LogP contribution in [0.25, 0.3) is 0 Å². The normalized spacial score (nSPS) is 17.2. The second-order valence-electron chi connectivity index (χ2n) is 5.65. The number of carbonyl (C=O) groups excluding carboxylic acids is 1. The Hall–Kier alpha value is -2.22. The molecule has 2 aromatic heterocycles. The highest BCUT2D eigenvalue weighted by atomic mass is 32.1. The van der Waals surface area contributed by atoms with Gasteiger partial charge in [0.15, 0.2) is 5.69 Å². The van der Waals surface area contributed by atoms with Crippen LogP contribution in [-0.2, 0) is 4.74 Å². The molecule has 0 bridgehead atoms. The number of esters is 1. The van der Waals surface area contributed by atoms with Crippen LogP contribution < -0.4 is 9.64 Å². The summed E-state index contributed by atoms with van der Waals surface area (Å²) in [6.07, 6.45) is 1.98. The number of nitrogens with zero attached hydrogens (tertiary/aromatic N) is 4. The van der Waals surface area contributed by atoms with E-state index in [9.17, 15) is 4.79 Å². The van der Waals surface area contributed by atoms with Crippen LogP contribution in [0.3, 0.4) is 0 Å². The van der Waals surface area contributed by atoms with E-state index in [1.807, 2.05) is 13.8 Å². The van der Waals surface area contributed by atoms with Gasteiger partial charge in [-0.1, -0.05) is 0 Å². The van der Waals surface area contributed by atoms with Crippen molar-refractivity contribution in [2.24, 2.45) is 0 Å². The molecule has 1 atom stereocenters. The standard InChI is InChI=1S/C16H20N4O3S/c1-9-8-12(22-3)18-16(17-9)20-7-5-6-11(20)14-19-13(10(2)24-14)15(21)23-4/h8,11H,5-7H2,1-4H3/t11-/m0/s1. The van der Waals surface area contributed by atoms with Gasteiger partial charge in [-0.3, -0.25) is 0 Å². The molecule has 0 unspecified atom stereocenters. The summed E-state index contributed by atoms with van der Waals surface area (Å²) in [5.41, 5.74) is 1.25. The zero-order valence-corrected chi connectivity index (χ0v) is 15.0. The molecule has 0 saturated carbocycles. The van der Waals surface area contributed by atoms with Crippen molar-refractivity contribution in [2.75, 3.05) is 25.7 Å². The average molecular weight is 348 g/mol. The Balaban J connectivity index is 1.94. The number of rotatable bonds is 4. The molecule has 3 heterocycles. The molecule has 7 nitrogen and oxygen atoms in total. The number of ether oxygens (including phenoxy) is 2. The third-order valence-corrected chi connectivity index (χ3v) is 5.09. The molecule has 2 aromatic rings. The maximum atomic E-state index is 11.8. The van der Waals surface area contributed by atoms with Crippen molar-refractivity contribution < 1.29 is 14.3 Å². The van der Waals surface area contributed by atoms with Gasteiger partial charge < -0.3 is 14.4 Å². The fraction of sp³-hybridized carbons (Fsp3) is 0.500. The number of hydrogen-bond acceptors (Lipinski definition) is 8. The van der Waals surface area contributed by atoms with Crippen LogP contribution in [0, 0.1) is 13.8 Å². The van der Waals surface area contributed by atoms with Gasteiger partial charge in [0.1, 0.15) is 5.01 Å². The van der Waals surface area contributed by atoms with Crippen molar-refractivity contribution in [3.63, 3.8) is 0 Å². The SMILES string of the molecule is COC(=O)c1nc([C@@H]2CCCN2c2nc(C)cc(OC)n2)sc1C. The number of thiazole rings is 1. The Morgan fingerprint density at radius 2 is 2.08 bits per heavy atom. The van der Waals surface area contributed by atoms with E-state index in [0.29, 0.717) is 17.5 Å². The van der Waals surface area contributed by atoms with Gasteiger partial charge in [-0.2, -0.15) is 4.98 Å². The molecule has 0 amide bonds. The van der Waals surface area contributed by atoms with Crippen LogP contribution in [0.1, 0.15) is 45.0 Å². The molecule has 0 aliphatic carbocycles. The van der Waals surface area contributed by atoms with Crippen molar-refractivity contribution in [3.05, 3.63) is 27.3 Å². The third-order valence-electron chi connectivity index (χ3n) is 4.01. The summed E-state index contributed by atoms with van der Waals surface area (Å²) in [6.45, 7) is 4.66. The van der Waals surface area contributed by atoms with E-state index in [1.165, 1.54) is 18.4 Å². The van der Waals surface area contributed by atoms with Crippen molar-refractivity contribution in [2.45, 2.75) is 32.7 Å². The zero-order chi connectivity index (χ0) is 17.3. The van der Waals surface area contributed by atoms with E-state index in [2.05, 4.69) is 19.9 Å². The van der Waals surface area contributed by atoms with E-state index in [0.717, 1.165) is 35.0 Å². The number of hydrogen-bond donors (Lipinski definition) is 0. The summed E-state index contributed by atoms with van der Waals surface area (Å²) in [5, 5.41) is 0.898. The molecule has 1 fully saturated rings. The highest BCUT2D eigenvalue weighted by molar-refractivity contribution is 7.12. The van der Waals surface area contributed by atoms with Gasteiger partial charge in [-0.25, -0.2) is 14.8 Å². The number of anilines is 1. The number of methoxy groups -OCH3 is 2. The Morgan fingerprint density at radius 1 is 1.29 bits per heavy atom. The third kappa shape index (κ3) is 3.06. The van der Waals surface area contributed by atoms with Gasteiger partial charge in [0.2, 0.25) is 11.8 Å². The first-order chi connectivity index (χ1) is 11.5. The maximum absolute atomic E-state index is 11.8. The Morgan fingerprint density at radius 3 is 2.79 bits per heavy atom. The molecule has 3 rings (SSSR count). The largest absolute Gasteiger partial charge is 0.481 e. The molecule has 1 aliphatic heterocycles. The summed E-state index contributed by atoms with van der Waals surface area (Å²) in [6, 6.07) is 1.87. The fourth-order valence-corrected chi connectivity index (χ4v) is 3.92. The molecule has 0 spiro atoms. The summed E-state index contributed by atoms with van der Waals surface area (Å²) in [7, 11) is 2.97. The molecule has 1 saturated heterocycles. The maximum Gasteiger partial charge on any atom is 0.357 e. The lowest BCUT2D eigenvalue weighted by molar-refractivity contribution is 0.0594. The summed E-state index contributed by atoms with van der Waals surface area (Å²) in [5.74, 6) is 0.795. The molecule has 1 aliphatic rings. The quantitative estimate of drug-likeness (QED) is 0.786. The van der Waals surface area contributed by atoms with Gasteiger partial charge in [0.05, 0.1) is 20.3 Å². The average Bonchev–Trinajstić information content (AvgIpc) is 3.19. The molecule has 24 heavy (non-hydrogen) atoms. The van der Waals surface area contributed by atoms with Crippen LogP contribution in [0.5, 0.6) is 5.88 Å². The first-order valence-corrected chi connectivity index (χ1v) is 8.57. The molecule has 0 aromatic carbocycles. The number of aromatic nitrogens is 3. The lowest BCUT2D eigenvalue weighted by Gasteiger charge is -2.23. The second kappa shape index (κ2) is 6.72. The number of aryl methyl sites for hydroxylation is 2. The van der Waals surface area contributed by atoms with E-state index in [1.54, 1.807) is 13.2 Å². The predicted molar refractivity (Wildman–Crippen MR) is 90.8 cm³/mol. The lowest BCUT2D eigenvalue weighted by Crippen LogP contribution is -2.25. The van der Waals surface area contributed by atoms with Crippen molar-refractivity contribution in [1.82, 2.24) is 15.0 Å². The first kappa shape index (κ1) is 16.6. The zero-order valence-electron chi connectivity index (χ0n) is 14.2. The van der Waals surface area contributed by atoms with Crippen LogP contribution in [0.4, 0.5) is 5.95 Å². The molecule has 8 heteroatoms.